The first kappa shape index (κ1) is 24.3. The van der Waals surface area contributed by atoms with Gasteiger partial charge in [0.25, 0.3) is 0 Å². The number of piperazine rings is 1. The molecule has 0 spiro atoms. The van der Waals surface area contributed by atoms with E-state index in [4.69, 9.17) is 4.74 Å². The number of nitrogens with one attached hydrogen (secondary N) is 1. The molecule has 3 nitrogen and oxygen atoms in total. The summed E-state index contributed by atoms with van der Waals surface area (Å²) in [4.78, 5) is 2.14. The molecule has 0 amide bonds. The highest BCUT2D eigenvalue weighted by Crippen LogP contribution is 2.32. The zero-order valence-electron chi connectivity index (χ0n) is 14.5. The number of hydrogen-bond acceptors (Lipinski definition) is 3. The van der Waals surface area contributed by atoms with Crippen LogP contribution in [0.25, 0.3) is 0 Å². The Labute approximate surface area is 160 Å². The van der Waals surface area contributed by atoms with Crippen LogP contribution in [0.15, 0.2) is 24.3 Å². The average Bonchev–Trinajstić information content (AvgIpc) is 2.48. The van der Waals surface area contributed by atoms with Gasteiger partial charge in [-0.05, 0) is 38.0 Å². The maximum Gasteiger partial charge on any atom is 0.389 e. The van der Waals surface area contributed by atoms with Gasteiger partial charge in [0.1, 0.15) is 5.75 Å². The Bertz CT molecular complexity index is 478. The molecule has 8 heteroatoms. The molecule has 2 rings (SSSR count). The predicted molar refractivity (Wildman–Crippen MR) is 99.2 cm³/mol. The van der Waals surface area contributed by atoms with Crippen LogP contribution in [-0.2, 0) is 0 Å². The molecule has 1 saturated heterocycles. The molecule has 1 aromatic rings. The SMILES string of the molecule is CC(C)Oc1ccc([C@@H](CCC(F)(F)F)N2CCNCC2)cc1.Cl.Cl. The Morgan fingerprint density at radius 1 is 1.08 bits per heavy atom. The maximum absolute atomic E-state index is 12.7. The van der Waals surface area contributed by atoms with Crippen LogP contribution in [0.1, 0.15) is 38.3 Å². The molecule has 1 aromatic carbocycles. The van der Waals surface area contributed by atoms with Gasteiger partial charge in [-0.1, -0.05) is 12.1 Å². The number of alkyl halides is 3. The van der Waals surface area contributed by atoms with E-state index in [1.54, 1.807) is 0 Å². The first-order valence-electron chi connectivity index (χ1n) is 8.13. The Morgan fingerprint density at radius 2 is 1.64 bits per heavy atom. The number of nitrogens with zero attached hydrogens (tertiary/aromatic N) is 1. The van der Waals surface area contributed by atoms with Crippen molar-refractivity contribution in [2.24, 2.45) is 0 Å². The minimum absolute atomic E-state index is 0. The van der Waals surface area contributed by atoms with Crippen molar-refractivity contribution >= 4 is 24.8 Å². The Kier molecular flexibility index (Phi) is 10.8. The molecule has 0 aliphatic carbocycles. The van der Waals surface area contributed by atoms with Gasteiger partial charge in [0.2, 0.25) is 0 Å². The topological polar surface area (TPSA) is 24.5 Å². The van der Waals surface area contributed by atoms with Crippen LogP contribution in [0.2, 0.25) is 0 Å². The summed E-state index contributed by atoms with van der Waals surface area (Å²) in [5, 5.41) is 3.24. The third-order valence-corrected chi connectivity index (χ3v) is 3.93. The summed E-state index contributed by atoms with van der Waals surface area (Å²) < 4.78 is 43.6. The summed E-state index contributed by atoms with van der Waals surface area (Å²) in [5.74, 6) is 0.749. The fraction of sp³-hybridized carbons (Fsp3) is 0.647. The van der Waals surface area contributed by atoms with Crippen LogP contribution in [0.4, 0.5) is 13.2 Å². The molecule has 0 bridgehead atoms. The summed E-state index contributed by atoms with van der Waals surface area (Å²) in [6.07, 6.45) is -4.71. The lowest BCUT2D eigenvalue weighted by Gasteiger charge is -2.35. The normalized spacial score (nSPS) is 16.7. The molecular formula is C17H27Cl2F3N2O. The quantitative estimate of drug-likeness (QED) is 0.751. The molecule has 1 aliphatic heterocycles. The second-order valence-electron chi connectivity index (χ2n) is 6.19. The minimum atomic E-state index is -4.12. The van der Waals surface area contributed by atoms with Crippen LogP contribution in [-0.4, -0.2) is 43.4 Å². The third-order valence-electron chi connectivity index (χ3n) is 3.93. The molecule has 0 radical (unpaired) electrons. The van der Waals surface area contributed by atoms with E-state index < -0.39 is 12.6 Å². The fourth-order valence-corrected chi connectivity index (χ4v) is 2.89. The lowest BCUT2D eigenvalue weighted by Crippen LogP contribution is -2.45. The predicted octanol–water partition coefficient (Wildman–Crippen LogP) is 4.61. The summed E-state index contributed by atoms with van der Waals surface area (Å²) in [6.45, 7) is 7.06. The van der Waals surface area contributed by atoms with E-state index in [0.717, 1.165) is 37.5 Å². The highest BCUT2D eigenvalue weighted by atomic mass is 35.5. The number of rotatable bonds is 6. The molecule has 146 valence electrons. The van der Waals surface area contributed by atoms with E-state index in [2.05, 4.69) is 10.2 Å². The maximum atomic E-state index is 12.7. The van der Waals surface area contributed by atoms with Gasteiger partial charge < -0.3 is 10.1 Å². The number of benzene rings is 1. The van der Waals surface area contributed by atoms with E-state index in [1.165, 1.54) is 0 Å². The average molecular weight is 403 g/mol. The lowest BCUT2D eigenvalue weighted by atomic mass is 9.99. The smallest absolute Gasteiger partial charge is 0.389 e. The molecule has 1 atom stereocenters. The van der Waals surface area contributed by atoms with Crippen LogP contribution in [0.5, 0.6) is 5.75 Å². The van der Waals surface area contributed by atoms with Gasteiger partial charge in [0.15, 0.2) is 0 Å². The minimum Gasteiger partial charge on any atom is -0.491 e. The first-order valence-corrected chi connectivity index (χ1v) is 8.13. The van der Waals surface area contributed by atoms with Gasteiger partial charge in [-0.25, -0.2) is 0 Å². The van der Waals surface area contributed by atoms with Crippen LogP contribution >= 0.6 is 24.8 Å². The van der Waals surface area contributed by atoms with Gasteiger partial charge in [0.05, 0.1) is 6.10 Å². The number of hydrogen-bond donors (Lipinski definition) is 1. The van der Waals surface area contributed by atoms with Crippen LogP contribution < -0.4 is 10.1 Å². The molecule has 25 heavy (non-hydrogen) atoms. The van der Waals surface area contributed by atoms with E-state index in [-0.39, 0.29) is 43.4 Å². The van der Waals surface area contributed by atoms with E-state index >= 15 is 0 Å². The van der Waals surface area contributed by atoms with Crippen molar-refractivity contribution in [3.8, 4) is 5.75 Å². The summed E-state index contributed by atoms with van der Waals surface area (Å²) in [5.41, 5.74) is 0.923. The molecule has 0 unspecified atom stereocenters. The standard InChI is InChI=1S/C17H25F3N2O.2ClH/c1-13(2)23-15-5-3-14(4-6-15)16(7-8-17(18,19)20)22-11-9-21-10-12-22;;/h3-6,13,16,21H,7-12H2,1-2H3;2*1H/t16-;;/m1../s1. The zero-order chi connectivity index (χ0) is 16.9. The number of halogens is 5. The third kappa shape index (κ3) is 8.49. The number of ether oxygens (including phenoxy) is 1. The van der Waals surface area contributed by atoms with Crippen LogP contribution in [0.3, 0.4) is 0 Å². The van der Waals surface area contributed by atoms with Gasteiger partial charge >= 0.3 is 6.18 Å². The molecule has 0 aromatic heterocycles. The largest absolute Gasteiger partial charge is 0.491 e. The Hall–Kier alpha value is -0.690. The van der Waals surface area contributed by atoms with E-state index in [1.807, 2.05) is 38.1 Å². The Balaban J connectivity index is 0.00000288. The highest BCUT2D eigenvalue weighted by molar-refractivity contribution is 5.85. The molecule has 1 aliphatic rings. The van der Waals surface area contributed by atoms with Crippen molar-refractivity contribution in [3.05, 3.63) is 29.8 Å². The van der Waals surface area contributed by atoms with Crippen LogP contribution in [0, 0.1) is 0 Å². The van der Waals surface area contributed by atoms with E-state index in [9.17, 15) is 13.2 Å². The molecule has 0 saturated carbocycles. The van der Waals surface area contributed by atoms with Crippen molar-refractivity contribution in [2.75, 3.05) is 26.2 Å². The van der Waals surface area contributed by atoms with Crippen molar-refractivity contribution in [2.45, 2.75) is 45.0 Å². The van der Waals surface area contributed by atoms with Crippen molar-refractivity contribution in [1.29, 1.82) is 0 Å². The van der Waals surface area contributed by atoms with Gasteiger partial charge in [-0.2, -0.15) is 13.2 Å². The van der Waals surface area contributed by atoms with Gasteiger partial charge in [-0.15, -0.1) is 24.8 Å². The zero-order valence-corrected chi connectivity index (χ0v) is 16.1. The van der Waals surface area contributed by atoms with Crippen molar-refractivity contribution < 1.29 is 17.9 Å². The molecular weight excluding hydrogens is 376 g/mol. The highest BCUT2D eigenvalue weighted by Gasteiger charge is 2.31. The monoisotopic (exact) mass is 402 g/mol. The lowest BCUT2D eigenvalue weighted by molar-refractivity contribution is -0.138. The summed E-state index contributed by atoms with van der Waals surface area (Å²) >= 11 is 0. The van der Waals surface area contributed by atoms with E-state index in [0.29, 0.717) is 0 Å². The fourth-order valence-electron chi connectivity index (χ4n) is 2.89. The summed E-state index contributed by atoms with van der Waals surface area (Å²) in [7, 11) is 0. The Morgan fingerprint density at radius 3 is 2.12 bits per heavy atom. The first-order chi connectivity index (χ1) is 10.8. The second-order valence-corrected chi connectivity index (χ2v) is 6.19. The van der Waals surface area contributed by atoms with Gasteiger partial charge in [0, 0.05) is 38.6 Å². The summed E-state index contributed by atoms with van der Waals surface area (Å²) in [6, 6.07) is 7.27. The van der Waals surface area contributed by atoms with Crippen molar-refractivity contribution in [3.63, 3.8) is 0 Å². The second kappa shape index (κ2) is 11.1. The van der Waals surface area contributed by atoms with Crippen molar-refractivity contribution in [1.82, 2.24) is 10.2 Å². The van der Waals surface area contributed by atoms with Gasteiger partial charge in [-0.3, -0.25) is 4.90 Å². The molecule has 1 N–H and O–H groups in total. The molecule has 1 heterocycles. The molecule has 1 fully saturated rings.